The minimum absolute atomic E-state index is 0.0398. The molecule has 3 rings (SSSR count). The number of carbonyl (C=O) groups is 1. The monoisotopic (exact) mass is 569 g/mol. The van der Waals surface area contributed by atoms with Crippen LogP contribution in [0.3, 0.4) is 0 Å². The molecule has 1 N–H and O–H groups in total. The van der Waals surface area contributed by atoms with Crippen LogP contribution in [0.4, 0.5) is 5.69 Å². The largest absolute Gasteiger partial charge is 0.493 e. The number of ether oxygens (including phenoxy) is 4. The SMILES string of the molecule is CCCOc1ccc(/C=N/NC(=O)CN(c2ccc(OC)c(OC)c2)S(=O)(=O)c2ccc(C)cc2)cc1OCC. The highest BCUT2D eigenvalue weighted by atomic mass is 32.2. The van der Waals surface area contributed by atoms with Crippen molar-refractivity contribution in [1.82, 2.24) is 5.43 Å². The number of sulfonamides is 1. The van der Waals surface area contributed by atoms with Gasteiger partial charge in [-0.25, -0.2) is 13.8 Å². The highest BCUT2D eigenvalue weighted by Gasteiger charge is 2.28. The summed E-state index contributed by atoms with van der Waals surface area (Å²) in [6, 6.07) is 16.3. The molecule has 0 aromatic heterocycles. The Labute approximate surface area is 235 Å². The van der Waals surface area contributed by atoms with E-state index in [-0.39, 0.29) is 10.6 Å². The number of carbonyl (C=O) groups excluding carboxylic acids is 1. The summed E-state index contributed by atoms with van der Waals surface area (Å²) in [5.41, 5.74) is 4.20. The Kier molecular flexibility index (Phi) is 10.8. The van der Waals surface area contributed by atoms with Gasteiger partial charge in [-0.05, 0) is 68.3 Å². The van der Waals surface area contributed by atoms with Crippen LogP contribution in [0, 0.1) is 6.92 Å². The van der Waals surface area contributed by atoms with Crippen molar-refractivity contribution in [3.8, 4) is 23.0 Å². The Morgan fingerprint density at radius 1 is 0.900 bits per heavy atom. The van der Waals surface area contributed by atoms with Crippen LogP contribution in [-0.4, -0.2) is 54.5 Å². The molecule has 0 radical (unpaired) electrons. The third kappa shape index (κ3) is 7.66. The van der Waals surface area contributed by atoms with Crippen molar-refractivity contribution >= 4 is 27.8 Å². The smallest absolute Gasteiger partial charge is 0.264 e. The molecule has 0 saturated carbocycles. The molecule has 0 aliphatic carbocycles. The first-order chi connectivity index (χ1) is 19.2. The maximum Gasteiger partial charge on any atom is 0.264 e. The van der Waals surface area contributed by atoms with Crippen LogP contribution < -0.4 is 28.7 Å². The van der Waals surface area contributed by atoms with Crippen molar-refractivity contribution in [3.05, 3.63) is 71.8 Å². The first-order valence-electron chi connectivity index (χ1n) is 12.8. The van der Waals surface area contributed by atoms with Gasteiger partial charge in [0.2, 0.25) is 0 Å². The van der Waals surface area contributed by atoms with Crippen LogP contribution in [0.5, 0.6) is 23.0 Å². The van der Waals surface area contributed by atoms with E-state index in [9.17, 15) is 13.2 Å². The van der Waals surface area contributed by atoms with Crippen LogP contribution in [0.2, 0.25) is 0 Å². The zero-order valence-corrected chi connectivity index (χ0v) is 24.2. The molecule has 0 saturated heterocycles. The lowest BCUT2D eigenvalue weighted by Crippen LogP contribution is -2.39. The number of methoxy groups -OCH3 is 2. The van der Waals surface area contributed by atoms with Crippen molar-refractivity contribution in [2.24, 2.45) is 5.10 Å². The number of hydrogen-bond donors (Lipinski definition) is 1. The third-order valence-corrected chi connectivity index (χ3v) is 7.47. The van der Waals surface area contributed by atoms with Gasteiger partial charge in [0.05, 0.1) is 44.2 Å². The van der Waals surface area contributed by atoms with Gasteiger partial charge in [-0.15, -0.1) is 0 Å². The van der Waals surface area contributed by atoms with E-state index < -0.39 is 22.5 Å². The summed E-state index contributed by atoms with van der Waals surface area (Å²) in [4.78, 5) is 13.0. The molecular weight excluding hydrogens is 534 g/mol. The van der Waals surface area contributed by atoms with Crippen LogP contribution in [0.15, 0.2) is 70.7 Å². The number of benzene rings is 3. The molecule has 0 atom stereocenters. The standard InChI is InChI=1S/C29H35N3O7S/c1-6-16-39-26-14-10-22(17-28(26)38-7-2)19-30-31-29(33)20-32(23-11-15-25(36-4)27(18-23)37-5)40(34,35)24-12-8-21(3)9-13-24/h8-15,17-19H,6-7,16,20H2,1-5H3,(H,31,33)/b30-19+. The van der Waals surface area contributed by atoms with Crippen LogP contribution in [-0.2, 0) is 14.8 Å². The molecule has 10 nitrogen and oxygen atoms in total. The van der Waals surface area contributed by atoms with Crippen molar-refractivity contribution in [3.63, 3.8) is 0 Å². The Balaban J connectivity index is 1.85. The van der Waals surface area contributed by atoms with Gasteiger partial charge in [0, 0.05) is 6.07 Å². The van der Waals surface area contributed by atoms with Gasteiger partial charge >= 0.3 is 0 Å². The maximum atomic E-state index is 13.6. The summed E-state index contributed by atoms with van der Waals surface area (Å²) in [7, 11) is -1.19. The zero-order chi connectivity index (χ0) is 29.1. The number of hydrazone groups is 1. The normalized spacial score (nSPS) is 11.2. The molecule has 0 aliphatic heterocycles. The summed E-state index contributed by atoms with van der Waals surface area (Å²) < 4.78 is 50.3. The molecule has 40 heavy (non-hydrogen) atoms. The Morgan fingerprint density at radius 2 is 1.60 bits per heavy atom. The summed E-state index contributed by atoms with van der Waals surface area (Å²) in [6.45, 7) is 6.24. The molecule has 0 spiro atoms. The Bertz CT molecular complexity index is 1420. The van der Waals surface area contributed by atoms with E-state index in [4.69, 9.17) is 18.9 Å². The molecule has 0 bridgehead atoms. The van der Waals surface area contributed by atoms with Crippen LogP contribution >= 0.6 is 0 Å². The van der Waals surface area contributed by atoms with E-state index in [1.807, 2.05) is 20.8 Å². The van der Waals surface area contributed by atoms with Crippen molar-refractivity contribution in [1.29, 1.82) is 0 Å². The Hall–Kier alpha value is -4.25. The third-order valence-electron chi connectivity index (χ3n) is 5.68. The number of nitrogens with zero attached hydrogens (tertiary/aromatic N) is 2. The lowest BCUT2D eigenvalue weighted by molar-refractivity contribution is -0.119. The Morgan fingerprint density at radius 3 is 2.25 bits per heavy atom. The molecule has 214 valence electrons. The van der Waals surface area contributed by atoms with Crippen LogP contribution in [0.25, 0.3) is 0 Å². The van der Waals surface area contributed by atoms with E-state index in [1.165, 1.54) is 38.6 Å². The molecule has 0 heterocycles. The molecule has 11 heteroatoms. The highest BCUT2D eigenvalue weighted by molar-refractivity contribution is 7.92. The van der Waals surface area contributed by atoms with Gasteiger partial charge in [-0.1, -0.05) is 24.6 Å². The fourth-order valence-corrected chi connectivity index (χ4v) is 5.09. The van der Waals surface area contributed by atoms with E-state index in [2.05, 4.69) is 10.5 Å². The molecule has 0 unspecified atom stereocenters. The van der Waals surface area contributed by atoms with Gasteiger partial charge in [0.15, 0.2) is 23.0 Å². The maximum absolute atomic E-state index is 13.6. The molecule has 0 aliphatic rings. The fraction of sp³-hybridized carbons (Fsp3) is 0.310. The van der Waals surface area contributed by atoms with E-state index in [0.29, 0.717) is 41.8 Å². The number of nitrogens with one attached hydrogen (secondary N) is 1. The summed E-state index contributed by atoms with van der Waals surface area (Å²) in [5, 5.41) is 4.02. The number of aryl methyl sites for hydroxylation is 1. The van der Waals surface area contributed by atoms with Crippen molar-refractivity contribution in [2.45, 2.75) is 32.1 Å². The first-order valence-corrected chi connectivity index (χ1v) is 14.2. The van der Waals surface area contributed by atoms with E-state index >= 15 is 0 Å². The van der Waals surface area contributed by atoms with Gasteiger partial charge < -0.3 is 18.9 Å². The molecule has 3 aromatic rings. The summed E-state index contributed by atoms with van der Waals surface area (Å²) in [5.74, 6) is 1.28. The molecule has 3 aromatic carbocycles. The summed E-state index contributed by atoms with van der Waals surface area (Å²) in [6.07, 6.45) is 2.31. The number of anilines is 1. The van der Waals surface area contributed by atoms with E-state index in [0.717, 1.165) is 16.3 Å². The minimum Gasteiger partial charge on any atom is -0.493 e. The van der Waals surface area contributed by atoms with Gasteiger partial charge in [-0.3, -0.25) is 9.10 Å². The first kappa shape index (κ1) is 30.3. The lowest BCUT2D eigenvalue weighted by Gasteiger charge is -2.24. The van der Waals surface area contributed by atoms with Gasteiger partial charge in [0.1, 0.15) is 6.54 Å². The number of rotatable bonds is 14. The average Bonchev–Trinajstić information content (AvgIpc) is 2.95. The molecular formula is C29H35N3O7S. The van der Waals surface area contributed by atoms with Gasteiger partial charge in [0.25, 0.3) is 15.9 Å². The van der Waals surface area contributed by atoms with Crippen molar-refractivity contribution < 1.29 is 32.2 Å². The lowest BCUT2D eigenvalue weighted by atomic mass is 10.2. The molecule has 0 fully saturated rings. The van der Waals surface area contributed by atoms with Gasteiger partial charge in [-0.2, -0.15) is 5.10 Å². The predicted molar refractivity (Wildman–Crippen MR) is 154 cm³/mol. The fourth-order valence-electron chi connectivity index (χ4n) is 3.68. The topological polar surface area (TPSA) is 116 Å². The van der Waals surface area contributed by atoms with E-state index in [1.54, 1.807) is 42.5 Å². The average molecular weight is 570 g/mol. The number of hydrogen-bond acceptors (Lipinski definition) is 8. The second-order valence-corrected chi connectivity index (χ2v) is 10.5. The second kappa shape index (κ2) is 14.2. The van der Waals surface area contributed by atoms with Crippen LogP contribution in [0.1, 0.15) is 31.4 Å². The zero-order valence-electron chi connectivity index (χ0n) is 23.3. The predicted octanol–water partition coefficient (Wildman–Crippen LogP) is 4.55. The second-order valence-electron chi connectivity index (χ2n) is 8.64. The summed E-state index contributed by atoms with van der Waals surface area (Å²) >= 11 is 0. The molecule has 1 amide bonds. The quantitative estimate of drug-likeness (QED) is 0.224. The van der Waals surface area contributed by atoms with Crippen molar-refractivity contribution in [2.75, 3.05) is 38.3 Å². The highest BCUT2D eigenvalue weighted by Crippen LogP contribution is 2.34. The number of amides is 1. The minimum atomic E-state index is -4.12.